The van der Waals surface area contributed by atoms with Gasteiger partial charge < -0.3 is 15.5 Å². The van der Waals surface area contributed by atoms with Crippen molar-refractivity contribution in [3.63, 3.8) is 0 Å². The number of amides is 1. The van der Waals surface area contributed by atoms with Gasteiger partial charge in [0.25, 0.3) is 0 Å². The second-order valence-corrected chi connectivity index (χ2v) is 7.40. The Morgan fingerprint density at radius 3 is 2.46 bits per heavy atom. The van der Waals surface area contributed by atoms with Crippen molar-refractivity contribution in [1.82, 2.24) is 15.5 Å². The van der Waals surface area contributed by atoms with Crippen molar-refractivity contribution in [2.45, 2.75) is 45.4 Å². The fourth-order valence-corrected chi connectivity index (χ4v) is 3.68. The van der Waals surface area contributed by atoms with Crippen LogP contribution in [0.5, 0.6) is 0 Å². The fourth-order valence-electron chi connectivity index (χ4n) is 3.68. The van der Waals surface area contributed by atoms with E-state index in [-0.39, 0.29) is 11.3 Å². The van der Waals surface area contributed by atoms with Crippen molar-refractivity contribution in [2.24, 2.45) is 10.4 Å². The van der Waals surface area contributed by atoms with E-state index in [2.05, 4.69) is 41.8 Å². The summed E-state index contributed by atoms with van der Waals surface area (Å²) in [5.41, 5.74) is 1.05. The number of guanidine groups is 1. The van der Waals surface area contributed by atoms with Crippen LogP contribution in [0.25, 0.3) is 0 Å². The zero-order valence-electron chi connectivity index (χ0n) is 16.6. The second-order valence-electron chi connectivity index (χ2n) is 7.40. The summed E-state index contributed by atoms with van der Waals surface area (Å²) in [4.78, 5) is 19.2. The molecule has 1 aromatic rings. The zero-order valence-corrected chi connectivity index (χ0v) is 16.6. The highest BCUT2D eigenvalue weighted by Crippen LogP contribution is 2.39. The minimum absolute atomic E-state index is 0.221. The average Bonchev–Trinajstić information content (AvgIpc) is 3.13. The molecule has 1 aromatic carbocycles. The summed E-state index contributed by atoms with van der Waals surface area (Å²) in [5.74, 6) is 1.04. The first kappa shape index (κ1) is 20.3. The smallest absolute Gasteiger partial charge is 0.230 e. The first-order valence-corrected chi connectivity index (χ1v) is 9.85. The third kappa shape index (κ3) is 5.75. The Balaban J connectivity index is 1.89. The highest BCUT2D eigenvalue weighted by Gasteiger charge is 2.41. The van der Waals surface area contributed by atoms with Gasteiger partial charge in [-0.1, -0.05) is 43.2 Å². The standard InChI is InChI=1S/C21H34N4O/c1-4-22-20(23-16-10-13-18-11-6-5-7-12-18)24-17-21(14-8-9-15-21)19(26)25(2)3/h5-7,11-12H,4,8-10,13-17H2,1-3H3,(H2,22,23,24). The largest absolute Gasteiger partial charge is 0.357 e. The Morgan fingerprint density at radius 2 is 1.85 bits per heavy atom. The molecule has 0 unspecified atom stereocenters. The minimum Gasteiger partial charge on any atom is -0.357 e. The van der Waals surface area contributed by atoms with Gasteiger partial charge in [-0.3, -0.25) is 9.79 Å². The van der Waals surface area contributed by atoms with E-state index in [4.69, 9.17) is 4.99 Å². The predicted octanol–water partition coefficient (Wildman–Crippen LogP) is 2.82. The molecular formula is C21H34N4O. The summed E-state index contributed by atoms with van der Waals surface area (Å²) in [7, 11) is 3.69. The molecule has 5 heteroatoms. The van der Waals surface area contributed by atoms with Crippen molar-refractivity contribution in [3.8, 4) is 0 Å². The number of hydrogen-bond acceptors (Lipinski definition) is 2. The molecule has 1 amide bonds. The summed E-state index contributed by atoms with van der Waals surface area (Å²) in [6.07, 6.45) is 6.24. The van der Waals surface area contributed by atoms with Crippen molar-refractivity contribution in [2.75, 3.05) is 33.7 Å². The molecule has 0 aromatic heterocycles. The van der Waals surface area contributed by atoms with Crippen molar-refractivity contribution in [1.29, 1.82) is 0 Å². The maximum Gasteiger partial charge on any atom is 0.230 e. The summed E-state index contributed by atoms with van der Waals surface area (Å²) < 4.78 is 0. The molecule has 2 N–H and O–H groups in total. The lowest BCUT2D eigenvalue weighted by Crippen LogP contribution is -2.43. The number of aliphatic imine (C=N–C) groups is 1. The molecule has 1 aliphatic rings. The topological polar surface area (TPSA) is 56.7 Å². The number of rotatable bonds is 8. The van der Waals surface area contributed by atoms with Crippen LogP contribution in [-0.4, -0.2) is 50.5 Å². The maximum atomic E-state index is 12.7. The lowest BCUT2D eigenvalue weighted by molar-refractivity contribution is -0.138. The van der Waals surface area contributed by atoms with Gasteiger partial charge in [0.05, 0.1) is 12.0 Å². The van der Waals surface area contributed by atoms with Crippen LogP contribution in [0.2, 0.25) is 0 Å². The second kappa shape index (κ2) is 10.2. The van der Waals surface area contributed by atoms with Gasteiger partial charge in [-0.2, -0.15) is 0 Å². The fraction of sp³-hybridized carbons (Fsp3) is 0.619. The molecule has 1 saturated carbocycles. The molecule has 0 bridgehead atoms. The van der Waals surface area contributed by atoms with E-state index >= 15 is 0 Å². The number of nitrogens with one attached hydrogen (secondary N) is 2. The molecule has 0 aliphatic heterocycles. The van der Waals surface area contributed by atoms with Gasteiger partial charge in [0.1, 0.15) is 0 Å². The number of hydrogen-bond donors (Lipinski definition) is 2. The van der Waals surface area contributed by atoms with E-state index in [0.717, 1.165) is 57.6 Å². The minimum atomic E-state index is -0.310. The SMILES string of the molecule is CCNC(=NCC1(C(=O)N(C)C)CCCC1)NCCCc1ccccc1. The van der Waals surface area contributed by atoms with Gasteiger partial charge in [0, 0.05) is 27.2 Å². The molecule has 1 aliphatic carbocycles. The Labute approximate surface area is 158 Å². The van der Waals surface area contributed by atoms with Gasteiger partial charge in [0.15, 0.2) is 5.96 Å². The summed E-state index contributed by atoms with van der Waals surface area (Å²) >= 11 is 0. The molecule has 5 nitrogen and oxygen atoms in total. The monoisotopic (exact) mass is 358 g/mol. The van der Waals surface area contributed by atoms with Crippen LogP contribution >= 0.6 is 0 Å². The number of carbonyl (C=O) groups excluding carboxylic acids is 1. The van der Waals surface area contributed by atoms with E-state index in [0.29, 0.717) is 6.54 Å². The maximum absolute atomic E-state index is 12.7. The Morgan fingerprint density at radius 1 is 1.15 bits per heavy atom. The quantitative estimate of drug-likeness (QED) is 0.427. The molecular weight excluding hydrogens is 324 g/mol. The van der Waals surface area contributed by atoms with Gasteiger partial charge in [-0.25, -0.2) is 0 Å². The molecule has 2 rings (SSSR count). The average molecular weight is 359 g/mol. The van der Waals surface area contributed by atoms with Crippen LogP contribution in [0, 0.1) is 5.41 Å². The number of nitrogens with zero attached hydrogens (tertiary/aromatic N) is 2. The molecule has 0 saturated heterocycles. The molecule has 26 heavy (non-hydrogen) atoms. The van der Waals surface area contributed by atoms with E-state index in [9.17, 15) is 4.79 Å². The van der Waals surface area contributed by atoms with Gasteiger partial charge in [0.2, 0.25) is 5.91 Å². The molecule has 0 heterocycles. The summed E-state index contributed by atoms with van der Waals surface area (Å²) in [6, 6.07) is 10.5. The number of carbonyl (C=O) groups is 1. The van der Waals surface area contributed by atoms with Crippen LogP contribution in [0.15, 0.2) is 35.3 Å². The highest BCUT2D eigenvalue weighted by molar-refractivity contribution is 5.84. The highest BCUT2D eigenvalue weighted by atomic mass is 16.2. The van der Waals surface area contributed by atoms with Crippen molar-refractivity contribution >= 4 is 11.9 Å². The molecule has 0 radical (unpaired) electrons. The van der Waals surface area contributed by atoms with Gasteiger partial charge in [-0.15, -0.1) is 0 Å². The Hall–Kier alpha value is -2.04. The van der Waals surface area contributed by atoms with Crippen molar-refractivity contribution < 1.29 is 4.79 Å². The number of benzene rings is 1. The third-order valence-corrected chi connectivity index (χ3v) is 5.08. The third-order valence-electron chi connectivity index (χ3n) is 5.08. The summed E-state index contributed by atoms with van der Waals surface area (Å²) in [5, 5.41) is 6.72. The first-order chi connectivity index (χ1) is 12.6. The molecule has 1 fully saturated rings. The van der Waals surface area contributed by atoms with E-state index < -0.39 is 0 Å². The van der Waals surface area contributed by atoms with E-state index in [1.54, 1.807) is 4.90 Å². The van der Waals surface area contributed by atoms with Crippen molar-refractivity contribution in [3.05, 3.63) is 35.9 Å². The lowest BCUT2D eigenvalue weighted by Gasteiger charge is -2.29. The first-order valence-electron chi connectivity index (χ1n) is 9.85. The molecule has 0 spiro atoms. The summed E-state index contributed by atoms with van der Waals surface area (Å²) in [6.45, 7) is 4.32. The molecule has 0 atom stereocenters. The van der Waals surface area contributed by atoms with Crippen LogP contribution < -0.4 is 10.6 Å². The van der Waals surface area contributed by atoms with Crippen LogP contribution in [0.3, 0.4) is 0 Å². The predicted molar refractivity (Wildman–Crippen MR) is 108 cm³/mol. The Kier molecular flexibility index (Phi) is 7.95. The van der Waals surface area contributed by atoms with Crippen LogP contribution in [0.1, 0.15) is 44.6 Å². The van der Waals surface area contributed by atoms with Crippen LogP contribution in [-0.2, 0) is 11.2 Å². The van der Waals surface area contributed by atoms with Crippen LogP contribution in [0.4, 0.5) is 0 Å². The van der Waals surface area contributed by atoms with E-state index in [1.165, 1.54) is 5.56 Å². The van der Waals surface area contributed by atoms with Gasteiger partial charge in [-0.05, 0) is 38.2 Å². The Bertz CT molecular complexity index is 577. The lowest BCUT2D eigenvalue weighted by atomic mass is 9.85. The molecule has 144 valence electrons. The van der Waals surface area contributed by atoms with Gasteiger partial charge >= 0.3 is 0 Å². The zero-order chi connectivity index (χ0) is 18.8. The number of aryl methyl sites for hydroxylation is 1. The van der Waals surface area contributed by atoms with E-state index in [1.807, 2.05) is 20.2 Å². The normalized spacial score (nSPS) is 16.3.